The fourth-order valence-electron chi connectivity index (χ4n) is 10.4. The van der Waals surface area contributed by atoms with Gasteiger partial charge in [0.2, 0.25) is 0 Å². The Morgan fingerprint density at radius 3 is 1.88 bits per heavy atom. The van der Waals surface area contributed by atoms with Crippen LogP contribution in [0, 0.1) is 12.8 Å². The molecule has 0 N–H and O–H groups in total. The Morgan fingerprint density at radius 2 is 1.17 bits per heavy atom. The van der Waals surface area contributed by atoms with Gasteiger partial charge in [-0.25, -0.2) is 0 Å². The van der Waals surface area contributed by atoms with Crippen molar-refractivity contribution in [3.63, 3.8) is 0 Å². The minimum atomic E-state index is -0.340. The Hall–Kier alpha value is -7.34. The summed E-state index contributed by atoms with van der Waals surface area (Å²) in [7, 11) is 0. The van der Waals surface area contributed by atoms with Crippen molar-refractivity contribution in [1.29, 1.82) is 0 Å². The summed E-state index contributed by atoms with van der Waals surface area (Å²) in [6.45, 7) is 15.6. The average molecular weight is 845 g/mol. The number of hydrogen-bond acceptors (Lipinski definition) is 2. The first-order valence-corrected chi connectivity index (χ1v) is 23.1. The van der Waals surface area contributed by atoms with E-state index in [1.165, 1.54) is 78.3 Å². The van der Waals surface area contributed by atoms with Crippen molar-refractivity contribution in [1.82, 2.24) is 0 Å². The molecule has 10 rings (SSSR count). The highest BCUT2D eigenvalue weighted by Crippen LogP contribution is 2.56. The summed E-state index contributed by atoms with van der Waals surface area (Å²) in [5.74, 6) is 0. The second-order valence-corrected chi connectivity index (χ2v) is 17.3. The molecule has 2 heteroatoms. The largest absolute Gasteiger partial charge is 0.310 e. The van der Waals surface area contributed by atoms with Crippen molar-refractivity contribution in [3.05, 3.63) is 239 Å². The molecule has 7 aromatic carbocycles. The zero-order valence-corrected chi connectivity index (χ0v) is 39.0. The van der Waals surface area contributed by atoms with Crippen molar-refractivity contribution in [3.8, 4) is 35.1 Å². The predicted octanol–water partition coefficient (Wildman–Crippen LogP) is 17.5. The topological polar surface area (TPSA) is 6.48 Å². The lowest BCUT2D eigenvalue weighted by atomic mass is 9.64. The minimum Gasteiger partial charge on any atom is -0.310 e. The van der Waals surface area contributed by atoms with Gasteiger partial charge in [0.15, 0.2) is 0 Å². The van der Waals surface area contributed by atoms with Crippen LogP contribution < -0.4 is 9.80 Å². The SMILES string of the molecule is C#C.C/C=C\C1=C(C)C(C)(C)c2cc(N(c3ccc(-c4ccccc4C4(C)C5=C(C=CCC5)N(c5ccccc5)c5ccccc54)cc3)c3ccccc3-c3ccccc3)ccc21.CC. The van der Waals surface area contributed by atoms with Gasteiger partial charge < -0.3 is 9.80 Å². The van der Waals surface area contributed by atoms with Crippen LogP contribution in [0.15, 0.2) is 217 Å². The Morgan fingerprint density at radius 1 is 0.585 bits per heavy atom. The third-order valence-electron chi connectivity index (χ3n) is 13.7. The molecule has 322 valence electrons. The highest BCUT2D eigenvalue weighted by Gasteiger charge is 2.44. The lowest BCUT2D eigenvalue weighted by Gasteiger charge is -2.47. The maximum Gasteiger partial charge on any atom is 0.0540 e. The van der Waals surface area contributed by atoms with E-state index >= 15 is 0 Å². The third kappa shape index (κ3) is 7.66. The second kappa shape index (κ2) is 18.8. The zero-order valence-electron chi connectivity index (χ0n) is 39.0. The van der Waals surface area contributed by atoms with Crippen molar-refractivity contribution in [2.45, 2.75) is 72.1 Å². The average Bonchev–Trinajstić information content (AvgIpc) is 3.56. The molecule has 2 nitrogen and oxygen atoms in total. The molecule has 0 aromatic heterocycles. The van der Waals surface area contributed by atoms with E-state index < -0.39 is 0 Å². The molecule has 0 bridgehead atoms. The summed E-state index contributed by atoms with van der Waals surface area (Å²) in [6.07, 6.45) is 19.2. The smallest absolute Gasteiger partial charge is 0.0540 e. The van der Waals surface area contributed by atoms with Gasteiger partial charge in [-0.05, 0) is 138 Å². The molecule has 0 saturated carbocycles. The lowest BCUT2D eigenvalue weighted by Crippen LogP contribution is -2.38. The van der Waals surface area contributed by atoms with Crippen molar-refractivity contribution < 1.29 is 0 Å². The van der Waals surface area contributed by atoms with Crippen LogP contribution in [-0.4, -0.2) is 0 Å². The van der Waals surface area contributed by atoms with Crippen molar-refractivity contribution in [2.24, 2.45) is 0 Å². The van der Waals surface area contributed by atoms with E-state index in [2.05, 4.69) is 257 Å². The monoisotopic (exact) mass is 844 g/mol. The van der Waals surface area contributed by atoms with Crippen LogP contribution in [0.4, 0.5) is 28.4 Å². The number of hydrogen-bond donors (Lipinski definition) is 0. The number of nitrogens with zero attached hydrogens (tertiary/aromatic N) is 2. The van der Waals surface area contributed by atoms with E-state index in [0.717, 1.165) is 29.9 Å². The fraction of sp³-hybridized carbons (Fsp3) is 0.175. The molecule has 2 aliphatic carbocycles. The molecular weight excluding hydrogens is 785 g/mol. The lowest BCUT2D eigenvalue weighted by molar-refractivity contribution is 0.612. The maximum absolute atomic E-state index is 4.00. The molecule has 0 spiro atoms. The zero-order chi connectivity index (χ0) is 45.7. The summed E-state index contributed by atoms with van der Waals surface area (Å²) < 4.78 is 0. The Kier molecular flexibility index (Phi) is 12.8. The first kappa shape index (κ1) is 44.3. The first-order valence-electron chi connectivity index (χ1n) is 23.1. The number of para-hydroxylation sites is 3. The standard InChI is InChI=1S/C59H52N2.C2H6.C2H2/c1-6-21-47-41(2)58(3,4)54-40-46(38-39-50(47)54)60(55-31-18-14-27-49(55)42-22-9-7-10-23-42)45-36-34-43(35-37-45)48-26-13-15-28-51(48)59(5)52-29-16-19-32-56(52)61(44-24-11-8-12-25-44)57-33-20-17-30-53(57)59;2*1-2/h6-16,18-29,31-40H,17,30H2,1-5H3;1-2H3;1-2H/b21-6-;;. The fourth-order valence-corrected chi connectivity index (χ4v) is 10.4. The molecule has 0 saturated heterocycles. The van der Waals surface area contributed by atoms with Gasteiger partial charge in [-0.3, -0.25) is 0 Å². The first-order chi connectivity index (χ1) is 31.8. The quantitative estimate of drug-likeness (QED) is 0.141. The Bertz CT molecular complexity index is 2960. The predicted molar refractivity (Wildman–Crippen MR) is 281 cm³/mol. The van der Waals surface area contributed by atoms with Crippen LogP contribution in [0.5, 0.6) is 0 Å². The number of anilines is 5. The van der Waals surface area contributed by atoms with Crippen LogP contribution >= 0.6 is 0 Å². The second-order valence-electron chi connectivity index (χ2n) is 17.3. The van der Waals surface area contributed by atoms with Gasteiger partial charge in [0.1, 0.15) is 0 Å². The molecule has 1 unspecified atom stereocenters. The number of benzene rings is 7. The van der Waals surface area contributed by atoms with Gasteiger partial charge in [0.05, 0.1) is 11.4 Å². The van der Waals surface area contributed by atoms with Gasteiger partial charge in [0.25, 0.3) is 0 Å². The molecule has 3 aliphatic rings. The van der Waals surface area contributed by atoms with E-state index in [0.29, 0.717) is 0 Å². The van der Waals surface area contributed by atoms with E-state index in [-0.39, 0.29) is 10.8 Å². The number of rotatable bonds is 8. The summed E-state index contributed by atoms with van der Waals surface area (Å²) in [6, 6.07) is 65.0. The van der Waals surface area contributed by atoms with Crippen LogP contribution in [0.3, 0.4) is 0 Å². The van der Waals surface area contributed by atoms with Gasteiger partial charge in [-0.2, -0.15) is 0 Å². The number of terminal acetylenes is 1. The van der Waals surface area contributed by atoms with Crippen molar-refractivity contribution >= 4 is 34.0 Å². The molecule has 0 amide bonds. The van der Waals surface area contributed by atoms with Crippen LogP contribution in [0.25, 0.3) is 27.8 Å². The van der Waals surface area contributed by atoms with Crippen molar-refractivity contribution in [2.75, 3.05) is 9.80 Å². The molecular formula is C63H60N2. The summed E-state index contributed by atoms with van der Waals surface area (Å²) in [4.78, 5) is 4.93. The van der Waals surface area contributed by atoms with Crippen LogP contribution in [0.2, 0.25) is 0 Å². The molecule has 1 aliphatic heterocycles. The van der Waals surface area contributed by atoms with E-state index in [1.807, 2.05) is 13.8 Å². The summed E-state index contributed by atoms with van der Waals surface area (Å²) in [5.41, 5.74) is 21.1. The normalized spacial score (nSPS) is 16.7. The van der Waals surface area contributed by atoms with Gasteiger partial charge in [-0.15, -0.1) is 12.8 Å². The van der Waals surface area contributed by atoms with Crippen LogP contribution in [-0.2, 0) is 10.8 Å². The Labute approximate surface area is 388 Å². The maximum atomic E-state index is 4.00. The van der Waals surface area contributed by atoms with Crippen LogP contribution in [0.1, 0.15) is 83.6 Å². The van der Waals surface area contributed by atoms with Gasteiger partial charge >= 0.3 is 0 Å². The summed E-state index contributed by atoms with van der Waals surface area (Å²) >= 11 is 0. The number of allylic oxidation sites excluding steroid dienone is 7. The minimum absolute atomic E-state index is 0.0895. The number of fused-ring (bicyclic) bond motifs is 2. The van der Waals surface area contributed by atoms with E-state index in [1.54, 1.807) is 0 Å². The summed E-state index contributed by atoms with van der Waals surface area (Å²) in [5, 5.41) is 0. The van der Waals surface area contributed by atoms with E-state index in [9.17, 15) is 0 Å². The Balaban J connectivity index is 0.00000140. The highest BCUT2D eigenvalue weighted by molar-refractivity contribution is 5.92. The highest BCUT2D eigenvalue weighted by atomic mass is 15.2. The molecule has 65 heavy (non-hydrogen) atoms. The van der Waals surface area contributed by atoms with Gasteiger partial charge in [0, 0.05) is 39.2 Å². The molecule has 1 atom stereocenters. The molecule has 0 fully saturated rings. The van der Waals surface area contributed by atoms with E-state index in [4.69, 9.17) is 0 Å². The third-order valence-corrected chi connectivity index (χ3v) is 13.7. The molecule has 1 heterocycles. The van der Waals surface area contributed by atoms with Gasteiger partial charge in [-0.1, -0.05) is 179 Å². The molecule has 7 aromatic rings. The molecule has 0 radical (unpaired) electrons.